The second-order valence-electron chi connectivity index (χ2n) is 7.13. The molecule has 2 amide bonds. The zero-order chi connectivity index (χ0) is 22.4. The van der Waals surface area contributed by atoms with Crippen LogP contribution < -0.4 is 5.32 Å². The van der Waals surface area contributed by atoms with Crippen molar-refractivity contribution in [2.45, 2.75) is 26.3 Å². The molecular weight excluding hydrogens is 402 g/mol. The zero-order valence-corrected chi connectivity index (χ0v) is 17.1. The molecule has 9 nitrogen and oxygen atoms in total. The number of likely N-dealkylation sites (tertiary alicyclic amines) is 1. The molecule has 1 aliphatic rings. The van der Waals surface area contributed by atoms with Crippen LogP contribution in [0.25, 0.3) is 0 Å². The molecule has 1 fully saturated rings. The van der Waals surface area contributed by atoms with Gasteiger partial charge in [0.15, 0.2) is 0 Å². The SMILES string of the molecule is CCOC(=O)c1cc(C(=O)NCc2cccc(C(=O)N3CCCC3)c2)cc([N+](=O)[O-])c1. The number of rotatable bonds is 7. The van der Waals surface area contributed by atoms with Crippen molar-refractivity contribution in [3.63, 3.8) is 0 Å². The Bertz CT molecular complexity index is 1010. The lowest BCUT2D eigenvalue weighted by molar-refractivity contribution is -0.384. The monoisotopic (exact) mass is 425 g/mol. The van der Waals surface area contributed by atoms with Gasteiger partial charge < -0.3 is 15.0 Å². The maximum atomic E-state index is 12.6. The Hall–Kier alpha value is -3.75. The highest BCUT2D eigenvalue weighted by Gasteiger charge is 2.20. The molecule has 0 spiro atoms. The van der Waals surface area contributed by atoms with Gasteiger partial charge in [-0.25, -0.2) is 4.79 Å². The highest BCUT2D eigenvalue weighted by Crippen LogP contribution is 2.19. The highest BCUT2D eigenvalue weighted by molar-refractivity contribution is 5.99. The molecule has 1 aliphatic heterocycles. The summed E-state index contributed by atoms with van der Waals surface area (Å²) in [6.45, 7) is 3.34. The summed E-state index contributed by atoms with van der Waals surface area (Å²) in [7, 11) is 0. The Morgan fingerprint density at radius 3 is 2.45 bits per heavy atom. The van der Waals surface area contributed by atoms with Crippen molar-refractivity contribution >= 4 is 23.5 Å². The van der Waals surface area contributed by atoms with E-state index in [2.05, 4.69) is 5.32 Å². The average molecular weight is 425 g/mol. The number of non-ortho nitro benzene ring substituents is 1. The first-order chi connectivity index (χ1) is 14.9. The Morgan fingerprint density at radius 1 is 1.06 bits per heavy atom. The number of benzene rings is 2. The normalized spacial score (nSPS) is 13.0. The summed E-state index contributed by atoms with van der Waals surface area (Å²) < 4.78 is 4.88. The first kappa shape index (κ1) is 21.9. The molecule has 1 N–H and O–H groups in total. The minimum absolute atomic E-state index is 0.0263. The van der Waals surface area contributed by atoms with Gasteiger partial charge in [-0.3, -0.25) is 19.7 Å². The van der Waals surface area contributed by atoms with Gasteiger partial charge in [-0.05, 0) is 43.5 Å². The van der Waals surface area contributed by atoms with E-state index in [0.717, 1.165) is 43.6 Å². The van der Waals surface area contributed by atoms with Crippen LogP contribution in [-0.2, 0) is 11.3 Å². The van der Waals surface area contributed by atoms with E-state index in [1.165, 1.54) is 6.07 Å². The molecule has 1 heterocycles. The van der Waals surface area contributed by atoms with Crippen molar-refractivity contribution in [3.05, 3.63) is 74.8 Å². The number of nitro groups is 1. The van der Waals surface area contributed by atoms with Crippen LogP contribution >= 0.6 is 0 Å². The molecule has 9 heteroatoms. The number of esters is 1. The van der Waals surface area contributed by atoms with Crippen LogP contribution in [0, 0.1) is 10.1 Å². The molecule has 2 aromatic carbocycles. The van der Waals surface area contributed by atoms with Crippen molar-refractivity contribution in [1.82, 2.24) is 10.2 Å². The number of hydrogen-bond acceptors (Lipinski definition) is 6. The summed E-state index contributed by atoms with van der Waals surface area (Å²) in [5.41, 5.74) is 0.790. The number of nitrogens with zero attached hydrogens (tertiary/aromatic N) is 2. The maximum absolute atomic E-state index is 12.6. The van der Waals surface area contributed by atoms with Gasteiger partial charge >= 0.3 is 5.97 Å². The van der Waals surface area contributed by atoms with Gasteiger partial charge in [0.25, 0.3) is 17.5 Å². The average Bonchev–Trinajstić information content (AvgIpc) is 3.32. The van der Waals surface area contributed by atoms with Crippen LogP contribution in [0.3, 0.4) is 0 Å². The summed E-state index contributed by atoms with van der Waals surface area (Å²) >= 11 is 0. The number of carbonyl (C=O) groups excluding carboxylic acids is 3. The van der Waals surface area contributed by atoms with E-state index in [4.69, 9.17) is 4.74 Å². The Balaban J connectivity index is 1.73. The van der Waals surface area contributed by atoms with Gasteiger partial charge in [-0.15, -0.1) is 0 Å². The second-order valence-corrected chi connectivity index (χ2v) is 7.13. The lowest BCUT2D eigenvalue weighted by atomic mass is 10.1. The van der Waals surface area contributed by atoms with E-state index in [9.17, 15) is 24.5 Å². The minimum atomic E-state index is -0.742. The fourth-order valence-corrected chi connectivity index (χ4v) is 3.38. The van der Waals surface area contributed by atoms with Gasteiger partial charge in [0.05, 0.1) is 17.1 Å². The lowest BCUT2D eigenvalue weighted by Crippen LogP contribution is -2.28. The predicted octanol–water partition coefficient (Wildman–Crippen LogP) is 2.94. The molecule has 0 bridgehead atoms. The maximum Gasteiger partial charge on any atom is 0.338 e. The third-order valence-corrected chi connectivity index (χ3v) is 4.92. The van der Waals surface area contributed by atoms with E-state index in [0.29, 0.717) is 5.56 Å². The van der Waals surface area contributed by atoms with Gasteiger partial charge in [-0.2, -0.15) is 0 Å². The standard InChI is InChI=1S/C22H23N3O6/c1-2-31-22(28)18-11-17(12-19(13-18)25(29)30)20(26)23-14-15-6-5-7-16(10-15)21(27)24-8-3-4-9-24/h5-7,10-13H,2-4,8-9,14H2,1H3,(H,23,26). The van der Waals surface area contributed by atoms with Crippen LogP contribution in [-0.4, -0.2) is 47.3 Å². The largest absolute Gasteiger partial charge is 0.462 e. The van der Waals surface area contributed by atoms with Gasteiger partial charge in [0.1, 0.15) is 0 Å². The molecule has 2 aromatic rings. The smallest absolute Gasteiger partial charge is 0.338 e. The van der Waals surface area contributed by atoms with Crippen molar-refractivity contribution < 1.29 is 24.0 Å². The van der Waals surface area contributed by atoms with Gasteiger partial charge in [0, 0.05) is 42.9 Å². The number of carbonyl (C=O) groups is 3. The topological polar surface area (TPSA) is 119 Å². The molecule has 0 aliphatic carbocycles. The molecule has 31 heavy (non-hydrogen) atoms. The fourth-order valence-electron chi connectivity index (χ4n) is 3.38. The van der Waals surface area contributed by atoms with Crippen molar-refractivity contribution in [2.24, 2.45) is 0 Å². The fraction of sp³-hybridized carbons (Fsp3) is 0.318. The summed E-state index contributed by atoms with van der Waals surface area (Å²) in [5, 5.41) is 13.9. The second kappa shape index (κ2) is 9.84. The summed E-state index contributed by atoms with van der Waals surface area (Å²) in [6.07, 6.45) is 2.00. The van der Waals surface area contributed by atoms with E-state index in [-0.39, 0.29) is 35.9 Å². The molecule has 0 unspecified atom stereocenters. The first-order valence-electron chi connectivity index (χ1n) is 10.0. The Kier molecular flexibility index (Phi) is 6.96. The van der Waals surface area contributed by atoms with Gasteiger partial charge in [0.2, 0.25) is 0 Å². The summed E-state index contributed by atoms with van der Waals surface area (Å²) in [4.78, 5) is 49.4. The van der Waals surface area contributed by atoms with Crippen LogP contribution in [0.4, 0.5) is 5.69 Å². The lowest BCUT2D eigenvalue weighted by Gasteiger charge is -2.15. The number of nitrogens with one attached hydrogen (secondary N) is 1. The van der Waals surface area contributed by atoms with E-state index < -0.39 is 16.8 Å². The van der Waals surface area contributed by atoms with Crippen LogP contribution in [0.1, 0.15) is 56.4 Å². The molecular formula is C22H23N3O6. The molecule has 3 rings (SSSR count). The number of ether oxygens (including phenoxy) is 1. The van der Waals surface area contributed by atoms with Gasteiger partial charge in [-0.1, -0.05) is 12.1 Å². The first-order valence-corrected chi connectivity index (χ1v) is 10.0. The van der Waals surface area contributed by atoms with Crippen LogP contribution in [0.15, 0.2) is 42.5 Å². The third kappa shape index (κ3) is 5.44. The third-order valence-electron chi connectivity index (χ3n) is 4.92. The van der Waals surface area contributed by atoms with Crippen LogP contribution in [0.5, 0.6) is 0 Å². The summed E-state index contributed by atoms with van der Waals surface area (Å²) in [5.74, 6) is -1.36. The molecule has 0 radical (unpaired) electrons. The van der Waals surface area contributed by atoms with E-state index in [1.54, 1.807) is 36.1 Å². The predicted molar refractivity (Wildman–Crippen MR) is 112 cm³/mol. The number of hydrogen-bond donors (Lipinski definition) is 1. The molecule has 0 saturated carbocycles. The molecule has 1 saturated heterocycles. The minimum Gasteiger partial charge on any atom is -0.462 e. The Labute approximate surface area is 179 Å². The molecule has 0 aromatic heterocycles. The quantitative estimate of drug-likeness (QED) is 0.414. The van der Waals surface area contributed by atoms with Crippen molar-refractivity contribution in [2.75, 3.05) is 19.7 Å². The van der Waals surface area contributed by atoms with E-state index in [1.807, 2.05) is 0 Å². The van der Waals surface area contributed by atoms with Crippen LogP contribution in [0.2, 0.25) is 0 Å². The summed E-state index contributed by atoms with van der Waals surface area (Å²) in [6, 6.07) is 10.4. The van der Waals surface area contributed by atoms with Crippen molar-refractivity contribution in [3.8, 4) is 0 Å². The van der Waals surface area contributed by atoms with E-state index >= 15 is 0 Å². The molecule has 0 atom stereocenters. The zero-order valence-electron chi connectivity index (χ0n) is 17.1. The molecule has 162 valence electrons. The number of nitro benzene ring substituents is 1. The van der Waals surface area contributed by atoms with Crippen molar-refractivity contribution in [1.29, 1.82) is 0 Å². The number of amides is 2. The Morgan fingerprint density at radius 2 is 1.77 bits per heavy atom. The highest BCUT2D eigenvalue weighted by atomic mass is 16.6.